The Morgan fingerprint density at radius 2 is 1.77 bits per heavy atom. The number of ether oxygens (including phenoxy) is 2. The van der Waals surface area contributed by atoms with Crippen molar-refractivity contribution in [1.82, 2.24) is 9.97 Å². The molecule has 0 saturated heterocycles. The highest BCUT2D eigenvalue weighted by molar-refractivity contribution is 5.61. The van der Waals surface area contributed by atoms with Gasteiger partial charge in [0.25, 0.3) is 0 Å². The van der Waals surface area contributed by atoms with E-state index < -0.39 is 0 Å². The van der Waals surface area contributed by atoms with Gasteiger partial charge in [0.15, 0.2) is 11.5 Å². The van der Waals surface area contributed by atoms with Gasteiger partial charge >= 0.3 is 0 Å². The number of hydrogen-bond donors (Lipinski definition) is 2. The average molecular weight is 350 g/mol. The van der Waals surface area contributed by atoms with E-state index in [1.807, 2.05) is 36.4 Å². The Hall–Kier alpha value is -3.28. The van der Waals surface area contributed by atoms with Crippen LogP contribution in [-0.2, 0) is 6.54 Å². The summed E-state index contributed by atoms with van der Waals surface area (Å²) in [5.41, 5.74) is 3.31. The summed E-state index contributed by atoms with van der Waals surface area (Å²) in [6, 6.07) is 15.7. The Labute approximate surface area is 153 Å². The van der Waals surface area contributed by atoms with Crippen LogP contribution in [0.15, 0.2) is 54.7 Å². The van der Waals surface area contributed by atoms with Crippen molar-refractivity contribution in [2.45, 2.75) is 13.5 Å². The van der Waals surface area contributed by atoms with Gasteiger partial charge in [0, 0.05) is 24.5 Å². The summed E-state index contributed by atoms with van der Waals surface area (Å²) in [5, 5.41) is 6.52. The van der Waals surface area contributed by atoms with Gasteiger partial charge in [-0.2, -0.15) is 4.98 Å². The highest BCUT2D eigenvalue weighted by atomic mass is 16.5. The van der Waals surface area contributed by atoms with Crippen LogP contribution in [0, 0.1) is 6.92 Å². The minimum atomic E-state index is 0.568. The molecule has 2 N–H and O–H groups in total. The molecule has 0 spiro atoms. The van der Waals surface area contributed by atoms with Gasteiger partial charge < -0.3 is 20.1 Å². The number of methoxy groups -OCH3 is 2. The second kappa shape index (κ2) is 8.20. The fraction of sp³-hybridized carbons (Fsp3) is 0.200. The fourth-order valence-electron chi connectivity index (χ4n) is 2.56. The molecule has 3 aromatic rings. The molecule has 2 aromatic carbocycles. The van der Waals surface area contributed by atoms with Crippen molar-refractivity contribution in [2.75, 3.05) is 24.9 Å². The van der Waals surface area contributed by atoms with Crippen LogP contribution >= 0.6 is 0 Å². The van der Waals surface area contributed by atoms with Crippen molar-refractivity contribution >= 4 is 17.5 Å². The van der Waals surface area contributed by atoms with Gasteiger partial charge in [-0.25, -0.2) is 4.98 Å². The molecule has 3 rings (SSSR count). The van der Waals surface area contributed by atoms with Crippen LogP contribution in [0.5, 0.6) is 11.5 Å². The zero-order chi connectivity index (χ0) is 18.4. The molecule has 0 unspecified atom stereocenters. The monoisotopic (exact) mass is 350 g/mol. The molecule has 0 atom stereocenters. The van der Waals surface area contributed by atoms with Crippen LogP contribution in [0.2, 0.25) is 0 Å². The highest BCUT2D eigenvalue weighted by Gasteiger charge is 2.06. The molecule has 0 aliphatic heterocycles. The van der Waals surface area contributed by atoms with Crippen LogP contribution < -0.4 is 20.1 Å². The molecule has 6 nitrogen and oxygen atoms in total. The first kappa shape index (κ1) is 17.5. The third-order valence-electron chi connectivity index (χ3n) is 4.01. The second-order valence-electron chi connectivity index (χ2n) is 5.74. The van der Waals surface area contributed by atoms with Gasteiger partial charge in [0.2, 0.25) is 5.95 Å². The maximum atomic E-state index is 5.33. The van der Waals surface area contributed by atoms with Gasteiger partial charge in [-0.15, -0.1) is 0 Å². The van der Waals surface area contributed by atoms with Crippen LogP contribution in [0.1, 0.15) is 11.1 Å². The largest absolute Gasteiger partial charge is 0.493 e. The Bertz CT molecular complexity index is 883. The van der Waals surface area contributed by atoms with Crippen LogP contribution in [0.25, 0.3) is 0 Å². The van der Waals surface area contributed by atoms with E-state index in [9.17, 15) is 0 Å². The molecule has 0 fully saturated rings. The molecule has 0 amide bonds. The van der Waals surface area contributed by atoms with E-state index in [4.69, 9.17) is 9.47 Å². The lowest BCUT2D eigenvalue weighted by Crippen LogP contribution is -2.06. The maximum Gasteiger partial charge on any atom is 0.224 e. The zero-order valence-electron chi connectivity index (χ0n) is 15.1. The molecule has 1 aromatic heterocycles. The number of nitrogens with zero attached hydrogens (tertiary/aromatic N) is 2. The standard InChI is InChI=1S/C20H22N4O2/c1-14-6-4-5-7-15(14)13-22-20-21-11-10-19(24-20)23-16-8-9-17(25-2)18(12-16)26-3/h4-12H,13H2,1-3H3,(H2,21,22,23,24). The number of benzene rings is 2. The molecule has 26 heavy (non-hydrogen) atoms. The number of aryl methyl sites for hydroxylation is 1. The summed E-state index contributed by atoms with van der Waals surface area (Å²) in [5.74, 6) is 2.60. The lowest BCUT2D eigenvalue weighted by Gasteiger charge is -2.12. The Balaban J connectivity index is 1.70. The molecule has 0 saturated carbocycles. The summed E-state index contributed by atoms with van der Waals surface area (Å²) >= 11 is 0. The second-order valence-corrected chi connectivity index (χ2v) is 5.74. The van der Waals surface area contributed by atoms with E-state index in [0.29, 0.717) is 29.8 Å². The number of nitrogens with one attached hydrogen (secondary N) is 2. The van der Waals surface area contributed by atoms with Crippen molar-refractivity contribution in [3.8, 4) is 11.5 Å². The molecule has 134 valence electrons. The normalized spacial score (nSPS) is 10.3. The van der Waals surface area contributed by atoms with E-state index in [1.54, 1.807) is 20.4 Å². The zero-order valence-corrected chi connectivity index (χ0v) is 15.1. The quantitative estimate of drug-likeness (QED) is 0.667. The number of aromatic nitrogens is 2. The SMILES string of the molecule is COc1ccc(Nc2ccnc(NCc3ccccc3C)n2)cc1OC. The van der Waals surface area contributed by atoms with Crippen LogP contribution in [-0.4, -0.2) is 24.2 Å². The third-order valence-corrected chi connectivity index (χ3v) is 4.01. The van der Waals surface area contributed by atoms with Crippen molar-refractivity contribution in [1.29, 1.82) is 0 Å². The highest BCUT2D eigenvalue weighted by Crippen LogP contribution is 2.30. The minimum Gasteiger partial charge on any atom is -0.493 e. The van der Waals surface area contributed by atoms with Crippen molar-refractivity contribution in [2.24, 2.45) is 0 Å². The Morgan fingerprint density at radius 3 is 2.54 bits per heavy atom. The first-order valence-corrected chi connectivity index (χ1v) is 8.30. The first-order valence-electron chi connectivity index (χ1n) is 8.30. The average Bonchev–Trinajstić information content (AvgIpc) is 2.67. The topological polar surface area (TPSA) is 68.3 Å². The van der Waals surface area contributed by atoms with Crippen LogP contribution in [0.4, 0.5) is 17.5 Å². The summed E-state index contributed by atoms with van der Waals surface area (Å²) in [7, 11) is 3.22. The smallest absolute Gasteiger partial charge is 0.224 e. The van der Waals surface area contributed by atoms with E-state index in [1.165, 1.54) is 11.1 Å². The molecule has 0 aliphatic rings. The van der Waals surface area contributed by atoms with Crippen molar-refractivity contribution in [3.63, 3.8) is 0 Å². The molecule has 6 heteroatoms. The summed E-state index contributed by atoms with van der Waals surface area (Å²) in [4.78, 5) is 8.79. The Morgan fingerprint density at radius 1 is 0.962 bits per heavy atom. The van der Waals surface area contributed by atoms with E-state index in [2.05, 4.69) is 39.7 Å². The van der Waals surface area contributed by atoms with E-state index >= 15 is 0 Å². The van der Waals surface area contributed by atoms with Gasteiger partial charge in [0.05, 0.1) is 14.2 Å². The fourth-order valence-corrected chi connectivity index (χ4v) is 2.56. The lowest BCUT2D eigenvalue weighted by molar-refractivity contribution is 0.355. The van der Waals surface area contributed by atoms with E-state index in [0.717, 1.165) is 5.69 Å². The van der Waals surface area contributed by atoms with Crippen LogP contribution in [0.3, 0.4) is 0 Å². The molecular weight excluding hydrogens is 328 g/mol. The summed E-state index contributed by atoms with van der Waals surface area (Å²) < 4.78 is 10.6. The molecule has 1 heterocycles. The minimum absolute atomic E-state index is 0.568. The van der Waals surface area contributed by atoms with E-state index in [-0.39, 0.29) is 0 Å². The number of anilines is 3. The predicted octanol–water partition coefficient (Wildman–Crippen LogP) is 4.16. The summed E-state index contributed by atoms with van der Waals surface area (Å²) in [6.07, 6.45) is 1.72. The van der Waals surface area contributed by atoms with Gasteiger partial charge in [-0.1, -0.05) is 24.3 Å². The third kappa shape index (κ3) is 4.22. The molecule has 0 bridgehead atoms. The maximum absolute atomic E-state index is 5.33. The lowest BCUT2D eigenvalue weighted by atomic mass is 10.1. The van der Waals surface area contributed by atoms with Gasteiger partial charge in [-0.05, 0) is 36.2 Å². The first-order chi connectivity index (χ1) is 12.7. The van der Waals surface area contributed by atoms with Gasteiger partial charge in [-0.3, -0.25) is 0 Å². The van der Waals surface area contributed by atoms with Gasteiger partial charge in [0.1, 0.15) is 5.82 Å². The molecule has 0 aliphatic carbocycles. The number of hydrogen-bond acceptors (Lipinski definition) is 6. The molecular formula is C20H22N4O2. The van der Waals surface area contributed by atoms with Crippen molar-refractivity contribution < 1.29 is 9.47 Å². The summed E-state index contributed by atoms with van der Waals surface area (Å²) in [6.45, 7) is 2.76. The predicted molar refractivity (Wildman–Crippen MR) is 103 cm³/mol. The molecule has 0 radical (unpaired) electrons. The number of rotatable bonds is 7. The Kier molecular flexibility index (Phi) is 5.53. The van der Waals surface area contributed by atoms with Crippen molar-refractivity contribution in [3.05, 3.63) is 65.9 Å².